The van der Waals surface area contributed by atoms with Gasteiger partial charge in [-0.05, 0) is 24.1 Å². The quantitative estimate of drug-likeness (QED) is 0.300. The van der Waals surface area contributed by atoms with Crippen LogP contribution in [0.4, 0.5) is 8.78 Å². The highest BCUT2D eigenvalue weighted by atomic mass is 35.5. The Morgan fingerprint density at radius 2 is 1.43 bits per heavy atom. The third-order valence-electron chi connectivity index (χ3n) is 3.87. The first kappa shape index (κ1) is 18.4. The molecule has 0 heterocycles. The fourth-order valence-corrected chi connectivity index (χ4v) is 2.80. The first-order valence-electron chi connectivity index (χ1n) is 8.24. The maximum absolute atomic E-state index is 13.1. The van der Waals surface area contributed by atoms with Gasteiger partial charge in [0, 0.05) is 0 Å². The number of benzene rings is 1. The van der Waals surface area contributed by atoms with E-state index in [-0.39, 0.29) is 5.38 Å². The van der Waals surface area contributed by atoms with E-state index < -0.39 is 11.6 Å². The molecule has 3 heteroatoms. The Labute approximate surface area is 132 Å². The minimum atomic E-state index is -0.815. The molecule has 120 valence electrons. The van der Waals surface area contributed by atoms with Gasteiger partial charge in [0.05, 0.1) is 5.38 Å². The molecular formula is C18H27ClF2. The number of hydrogen-bond acceptors (Lipinski definition) is 0. The topological polar surface area (TPSA) is 0 Å². The zero-order valence-electron chi connectivity index (χ0n) is 13.0. The number of alkyl halides is 1. The van der Waals surface area contributed by atoms with E-state index in [0.29, 0.717) is 5.56 Å². The van der Waals surface area contributed by atoms with E-state index in [1.165, 1.54) is 57.4 Å². The minimum absolute atomic E-state index is 0.218. The van der Waals surface area contributed by atoms with Gasteiger partial charge >= 0.3 is 0 Å². The number of halogens is 3. The van der Waals surface area contributed by atoms with Crippen molar-refractivity contribution in [2.75, 3.05) is 0 Å². The summed E-state index contributed by atoms with van der Waals surface area (Å²) < 4.78 is 26.0. The Hall–Kier alpha value is -0.630. The predicted octanol–water partition coefficient (Wildman–Crippen LogP) is 7.17. The van der Waals surface area contributed by atoms with Gasteiger partial charge in [-0.2, -0.15) is 0 Å². The molecule has 1 atom stereocenters. The lowest BCUT2D eigenvalue weighted by Gasteiger charge is -2.10. The lowest BCUT2D eigenvalue weighted by atomic mass is 10.0. The van der Waals surface area contributed by atoms with Crippen molar-refractivity contribution in [3.05, 3.63) is 35.4 Å². The second kappa shape index (κ2) is 11.0. The van der Waals surface area contributed by atoms with E-state index in [4.69, 9.17) is 11.6 Å². The zero-order chi connectivity index (χ0) is 15.5. The fraction of sp³-hybridized carbons (Fsp3) is 0.667. The van der Waals surface area contributed by atoms with Crippen molar-refractivity contribution in [3.63, 3.8) is 0 Å². The van der Waals surface area contributed by atoms with Gasteiger partial charge in [-0.3, -0.25) is 0 Å². The third-order valence-corrected chi connectivity index (χ3v) is 4.34. The summed E-state index contributed by atoms with van der Waals surface area (Å²) >= 11 is 6.24. The second-order valence-electron chi connectivity index (χ2n) is 5.76. The Morgan fingerprint density at radius 1 is 0.857 bits per heavy atom. The average molecular weight is 317 g/mol. The lowest BCUT2D eigenvalue weighted by molar-refractivity contribution is 0.505. The second-order valence-corrected chi connectivity index (χ2v) is 6.29. The maximum atomic E-state index is 13.1. The molecule has 21 heavy (non-hydrogen) atoms. The van der Waals surface area contributed by atoms with Crippen molar-refractivity contribution >= 4 is 11.6 Å². The van der Waals surface area contributed by atoms with Gasteiger partial charge in [0.25, 0.3) is 0 Å². The van der Waals surface area contributed by atoms with Crippen molar-refractivity contribution in [1.29, 1.82) is 0 Å². The molecule has 1 rings (SSSR count). The van der Waals surface area contributed by atoms with Crippen LogP contribution < -0.4 is 0 Å². The van der Waals surface area contributed by atoms with Crippen LogP contribution in [0.1, 0.15) is 82.1 Å². The van der Waals surface area contributed by atoms with Crippen LogP contribution in [0.15, 0.2) is 18.2 Å². The molecule has 1 unspecified atom stereocenters. The summed E-state index contributed by atoms with van der Waals surface area (Å²) in [5.41, 5.74) is 0.676. The minimum Gasteiger partial charge on any atom is -0.204 e. The number of unbranched alkanes of at least 4 members (excludes halogenated alkanes) is 8. The molecule has 0 bridgehead atoms. The smallest absolute Gasteiger partial charge is 0.159 e. The molecule has 0 saturated carbocycles. The van der Waals surface area contributed by atoms with Crippen LogP contribution in [0, 0.1) is 11.6 Å². The van der Waals surface area contributed by atoms with E-state index in [2.05, 4.69) is 6.92 Å². The van der Waals surface area contributed by atoms with Gasteiger partial charge < -0.3 is 0 Å². The van der Waals surface area contributed by atoms with Crippen molar-refractivity contribution in [2.45, 2.75) is 76.5 Å². The van der Waals surface area contributed by atoms with Gasteiger partial charge in [0.15, 0.2) is 11.6 Å². The molecule has 1 aromatic rings. The van der Waals surface area contributed by atoms with Crippen molar-refractivity contribution in [2.24, 2.45) is 0 Å². The first-order valence-corrected chi connectivity index (χ1v) is 8.67. The predicted molar refractivity (Wildman–Crippen MR) is 86.8 cm³/mol. The van der Waals surface area contributed by atoms with Crippen LogP contribution in [-0.2, 0) is 0 Å². The van der Waals surface area contributed by atoms with Crippen LogP contribution in [0.2, 0.25) is 0 Å². The summed E-state index contributed by atoms with van der Waals surface area (Å²) in [6, 6.07) is 3.93. The SMILES string of the molecule is CCCCCCCCCCCC(Cl)c1ccc(F)c(F)c1. The van der Waals surface area contributed by atoms with Gasteiger partial charge in [0.1, 0.15) is 0 Å². The van der Waals surface area contributed by atoms with Crippen molar-refractivity contribution < 1.29 is 8.78 Å². The van der Waals surface area contributed by atoms with Gasteiger partial charge in [-0.1, -0.05) is 70.8 Å². The van der Waals surface area contributed by atoms with E-state index >= 15 is 0 Å². The average Bonchev–Trinajstić information content (AvgIpc) is 2.48. The highest BCUT2D eigenvalue weighted by molar-refractivity contribution is 6.20. The molecule has 0 saturated heterocycles. The maximum Gasteiger partial charge on any atom is 0.159 e. The summed E-state index contributed by atoms with van der Waals surface area (Å²) in [4.78, 5) is 0. The van der Waals surface area contributed by atoms with Crippen LogP contribution in [0.3, 0.4) is 0 Å². The lowest BCUT2D eigenvalue weighted by Crippen LogP contribution is -1.94. The first-order chi connectivity index (χ1) is 10.1. The summed E-state index contributed by atoms with van der Waals surface area (Å²) in [5, 5.41) is -0.218. The molecule has 0 aromatic heterocycles. The van der Waals surface area contributed by atoms with E-state index in [1.54, 1.807) is 6.07 Å². The number of hydrogen-bond donors (Lipinski definition) is 0. The molecule has 0 amide bonds. The molecular weight excluding hydrogens is 290 g/mol. The highest BCUT2D eigenvalue weighted by Crippen LogP contribution is 2.27. The molecule has 0 N–H and O–H groups in total. The molecule has 0 aliphatic rings. The molecule has 1 aromatic carbocycles. The standard InChI is InChI=1S/C18H27ClF2/c1-2-3-4-5-6-7-8-9-10-11-16(19)15-12-13-17(20)18(21)14-15/h12-14,16H,2-11H2,1H3. The van der Waals surface area contributed by atoms with Crippen molar-refractivity contribution in [1.82, 2.24) is 0 Å². The summed E-state index contributed by atoms with van der Waals surface area (Å²) in [6.45, 7) is 2.23. The zero-order valence-corrected chi connectivity index (χ0v) is 13.8. The molecule has 0 fully saturated rings. The Balaban J connectivity index is 2.08. The summed E-state index contributed by atoms with van der Waals surface area (Å²) in [5.74, 6) is -1.63. The van der Waals surface area contributed by atoms with Crippen LogP contribution in [-0.4, -0.2) is 0 Å². The largest absolute Gasteiger partial charge is 0.204 e. The summed E-state index contributed by atoms with van der Waals surface area (Å²) in [7, 11) is 0. The summed E-state index contributed by atoms with van der Waals surface area (Å²) in [6.07, 6.45) is 12.2. The van der Waals surface area contributed by atoms with Gasteiger partial charge in [0.2, 0.25) is 0 Å². The van der Waals surface area contributed by atoms with E-state index in [0.717, 1.165) is 18.9 Å². The van der Waals surface area contributed by atoms with Gasteiger partial charge in [-0.15, -0.1) is 11.6 Å². The normalized spacial score (nSPS) is 12.6. The number of rotatable bonds is 11. The molecule has 0 aliphatic carbocycles. The highest BCUT2D eigenvalue weighted by Gasteiger charge is 2.10. The van der Waals surface area contributed by atoms with Crippen LogP contribution in [0.5, 0.6) is 0 Å². The molecule has 0 radical (unpaired) electrons. The Morgan fingerprint density at radius 3 is 2.00 bits per heavy atom. The van der Waals surface area contributed by atoms with Crippen LogP contribution in [0.25, 0.3) is 0 Å². The monoisotopic (exact) mass is 316 g/mol. The van der Waals surface area contributed by atoms with Gasteiger partial charge in [-0.25, -0.2) is 8.78 Å². The van der Waals surface area contributed by atoms with Crippen LogP contribution >= 0.6 is 11.6 Å². The van der Waals surface area contributed by atoms with E-state index in [1.807, 2.05) is 0 Å². The van der Waals surface area contributed by atoms with E-state index in [9.17, 15) is 8.78 Å². The van der Waals surface area contributed by atoms with Crippen molar-refractivity contribution in [3.8, 4) is 0 Å². The Kier molecular flexibility index (Phi) is 9.65. The molecule has 0 spiro atoms. The fourth-order valence-electron chi connectivity index (χ4n) is 2.51. The Bertz CT molecular complexity index is 393. The molecule has 0 aliphatic heterocycles. The third kappa shape index (κ3) is 7.80. The molecule has 0 nitrogen and oxygen atoms in total.